The van der Waals surface area contributed by atoms with Crippen LogP contribution in [0.3, 0.4) is 0 Å². The van der Waals surface area contributed by atoms with E-state index in [0.29, 0.717) is 0 Å². The molecule has 0 spiro atoms. The van der Waals surface area contributed by atoms with Gasteiger partial charge in [-0.25, -0.2) is 0 Å². The van der Waals surface area contributed by atoms with Crippen molar-refractivity contribution < 1.29 is 9.47 Å². The van der Waals surface area contributed by atoms with Crippen LogP contribution in [-0.4, -0.2) is 19.2 Å². The highest BCUT2D eigenvalue weighted by Crippen LogP contribution is 2.31. The van der Waals surface area contributed by atoms with Crippen LogP contribution in [0, 0.1) is 0 Å². The van der Waals surface area contributed by atoms with Crippen molar-refractivity contribution in [3.8, 4) is 11.5 Å². The molecule has 0 aliphatic carbocycles. The van der Waals surface area contributed by atoms with E-state index in [0.717, 1.165) is 23.5 Å². The van der Waals surface area contributed by atoms with Gasteiger partial charge in [-0.15, -0.1) is 0 Å². The van der Waals surface area contributed by atoms with Crippen LogP contribution in [0.4, 0.5) is 0 Å². The Labute approximate surface area is 101 Å². The minimum absolute atomic E-state index is 0.763. The molecule has 0 aliphatic rings. The standard InChI is InChI=1S/C14H15NO2/c1-16-13-5-3-4-12(14(13)17-2)10-11-6-8-15-9-7-11/h3-9H,10H2,1-2H3. The van der Waals surface area contributed by atoms with E-state index in [1.165, 1.54) is 5.56 Å². The van der Waals surface area contributed by atoms with E-state index in [2.05, 4.69) is 4.98 Å². The molecule has 3 heteroatoms. The monoisotopic (exact) mass is 229 g/mol. The van der Waals surface area contributed by atoms with E-state index < -0.39 is 0 Å². The van der Waals surface area contributed by atoms with Crippen LogP contribution in [0.2, 0.25) is 0 Å². The highest BCUT2D eigenvalue weighted by molar-refractivity contribution is 5.48. The van der Waals surface area contributed by atoms with Gasteiger partial charge >= 0.3 is 0 Å². The zero-order chi connectivity index (χ0) is 12.1. The molecule has 2 rings (SSSR count). The fourth-order valence-corrected chi connectivity index (χ4v) is 1.81. The molecule has 3 nitrogen and oxygen atoms in total. The Bertz CT molecular complexity index is 483. The van der Waals surface area contributed by atoms with Crippen molar-refractivity contribution in [2.24, 2.45) is 0 Å². The zero-order valence-corrected chi connectivity index (χ0v) is 10.0. The Hall–Kier alpha value is -2.03. The molecule has 1 heterocycles. The van der Waals surface area contributed by atoms with Gasteiger partial charge in [-0.3, -0.25) is 4.98 Å². The Kier molecular flexibility index (Phi) is 3.60. The highest BCUT2D eigenvalue weighted by atomic mass is 16.5. The van der Waals surface area contributed by atoms with Crippen LogP contribution < -0.4 is 9.47 Å². The summed E-state index contributed by atoms with van der Waals surface area (Å²) < 4.78 is 10.7. The number of benzene rings is 1. The van der Waals surface area contributed by atoms with E-state index in [1.54, 1.807) is 26.6 Å². The first-order valence-corrected chi connectivity index (χ1v) is 5.44. The topological polar surface area (TPSA) is 31.4 Å². The summed E-state index contributed by atoms with van der Waals surface area (Å²) >= 11 is 0. The Morgan fingerprint density at radius 2 is 1.76 bits per heavy atom. The predicted octanol–water partition coefficient (Wildman–Crippen LogP) is 2.69. The van der Waals surface area contributed by atoms with Crippen LogP contribution >= 0.6 is 0 Å². The largest absolute Gasteiger partial charge is 0.493 e. The average molecular weight is 229 g/mol. The third-order valence-corrected chi connectivity index (χ3v) is 2.63. The molecule has 88 valence electrons. The maximum atomic E-state index is 5.40. The number of methoxy groups -OCH3 is 2. The summed E-state index contributed by atoms with van der Waals surface area (Å²) in [5.74, 6) is 1.56. The molecule has 0 saturated heterocycles. The molecule has 1 aromatic heterocycles. The van der Waals surface area contributed by atoms with Crippen LogP contribution in [0.5, 0.6) is 11.5 Å². The van der Waals surface area contributed by atoms with E-state index in [-0.39, 0.29) is 0 Å². The first-order valence-electron chi connectivity index (χ1n) is 5.44. The second-order valence-corrected chi connectivity index (χ2v) is 3.68. The number of hydrogen-bond acceptors (Lipinski definition) is 3. The first-order chi connectivity index (χ1) is 8.35. The summed E-state index contributed by atoms with van der Waals surface area (Å²) in [6.07, 6.45) is 4.40. The number of nitrogens with zero attached hydrogens (tertiary/aromatic N) is 1. The van der Waals surface area contributed by atoms with Crippen molar-refractivity contribution in [3.63, 3.8) is 0 Å². The number of pyridine rings is 1. The Morgan fingerprint density at radius 1 is 1.00 bits per heavy atom. The van der Waals surface area contributed by atoms with Crippen molar-refractivity contribution in [2.45, 2.75) is 6.42 Å². The van der Waals surface area contributed by atoms with Gasteiger partial charge in [0.25, 0.3) is 0 Å². The number of rotatable bonds is 4. The highest BCUT2D eigenvalue weighted by Gasteiger charge is 2.09. The van der Waals surface area contributed by atoms with Crippen molar-refractivity contribution in [3.05, 3.63) is 53.9 Å². The van der Waals surface area contributed by atoms with Crippen molar-refractivity contribution in [1.82, 2.24) is 4.98 Å². The third kappa shape index (κ3) is 2.56. The Morgan fingerprint density at radius 3 is 2.41 bits per heavy atom. The van der Waals surface area contributed by atoms with E-state index in [1.807, 2.05) is 30.3 Å². The molecule has 0 radical (unpaired) electrons. The van der Waals surface area contributed by atoms with Gasteiger partial charge in [-0.2, -0.15) is 0 Å². The van der Waals surface area contributed by atoms with Gasteiger partial charge < -0.3 is 9.47 Å². The lowest BCUT2D eigenvalue weighted by Gasteiger charge is -2.12. The molecule has 0 unspecified atom stereocenters. The predicted molar refractivity (Wildman–Crippen MR) is 66.6 cm³/mol. The SMILES string of the molecule is COc1cccc(Cc2ccncc2)c1OC. The van der Waals surface area contributed by atoms with E-state index >= 15 is 0 Å². The van der Waals surface area contributed by atoms with Crippen LogP contribution in [0.15, 0.2) is 42.7 Å². The minimum atomic E-state index is 0.763. The third-order valence-electron chi connectivity index (χ3n) is 2.63. The van der Waals surface area contributed by atoms with E-state index in [4.69, 9.17) is 9.47 Å². The van der Waals surface area contributed by atoms with Gasteiger partial charge in [0.1, 0.15) is 0 Å². The van der Waals surface area contributed by atoms with Crippen molar-refractivity contribution in [2.75, 3.05) is 14.2 Å². The lowest BCUT2D eigenvalue weighted by molar-refractivity contribution is 0.352. The molecule has 0 saturated carbocycles. The molecular weight excluding hydrogens is 214 g/mol. The molecule has 1 aromatic carbocycles. The lowest BCUT2D eigenvalue weighted by atomic mass is 10.0. The van der Waals surface area contributed by atoms with Gasteiger partial charge in [0, 0.05) is 24.4 Å². The second kappa shape index (κ2) is 5.34. The molecule has 0 amide bonds. The molecule has 0 aliphatic heterocycles. The van der Waals surface area contributed by atoms with Crippen molar-refractivity contribution in [1.29, 1.82) is 0 Å². The molecule has 0 atom stereocenters. The number of ether oxygens (including phenoxy) is 2. The summed E-state index contributed by atoms with van der Waals surface area (Å²) in [6, 6.07) is 9.91. The summed E-state index contributed by atoms with van der Waals surface area (Å²) in [4.78, 5) is 4.01. The number of hydrogen-bond donors (Lipinski definition) is 0. The molecule has 0 bridgehead atoms. The lowest BCUT2D eigenvalue weighted by Crippen LogP contribution is -1.97. The maximum absolute atomic E-state index is 5.40. The van der Waals surface area contributed by atoms with Gasteiger partial charge in [-0.1, -0.05) is 12.1 Å². The van der Waals surface area contributed by atoms with Crippen molar-refractivity contribution >= 4 is 0 Å². The number of aromatic nitrogens is 1. The number of para-hydroxylation sites is 1. The fraction of sp³-hybridized carbons (Fsp3) is 0.214. The summed E-state index contributed by atoms with van der Waals surface area (Å²) in [6.45, 7) is 0. The molecule has 0 fully saturated rings. The zero-order valence-electron chi connectivity index (χ0n) is 10.0. The van der Waals surface area contributed by atoms with Crippen LogP contribution in [0.25, 0.3) is 0 Å². The average Bonchev–Trinajstić information content (AvgIpc) is 2.39. The molecule has 2 aromatic rings. The normalized spacial score (nSPS) is 10.0. The molecule has 0 N–H and O–H groups in total. The summed E-state index contributed by atoms with van der Waals surface area (Å²) in [7, 11) is 3.31. The Balaban J connectivity index is 2.33. The fourth-order valence-electron chi connectivity index (χ4n) is 1.81. The van der Waals surface area contributed by atoms with Gasteiger partial charge in [0.05, 0.1) is 14.2 Å². The van der Waals surface area contributed by atoms with Crippen LogP contribution in [-0.2, 0) is 6.42 Å². The minimum Gasteiger partial charge on any atom is -0.493 e. The quantitative estimate of drug-likeness (QED) is 0.807. The summed E-state index contributed by atoms with van der Waals surface area (Å²) in [5, 5.41) is 0. The smallest absolute Gasteiger partial charge is 0.164 e. The first kappa shape index (κ1) is 11.5. The second-order valence-electron chi connectivity index (χ2n) is 3.68. The molecule has 17 heavy (non-hydrogen) atoms. The van der Waals surface area contributed by atoms with Gasteiger partial charge in [-0.05, 0) is 23.8 Å². The summed E-state index contributed by atoms with van der Waals surface area (Å²) in [5.41, 5.74) is 2.31. The van der Waals surface area contributed by atoms with Crippen LogP contribution in [0.1, 0.15) is 11.1 Å². The maximum Gasteiger partial charge on any atom is 0.164 e. The molecular formula is C14H15NO2. The van der Waals surface area contributed by atoms with E-state index in [9.17, 15) is 0 Å². The van der Waals surface area contributed by atoms with Gasteiger partial charge in [0.15, 0.2) is 11.5 Å². The van der Waals surface area contributed by atoms with Gasteiger partial charge in [0.2, 0.25) is 0 Å².